The zero-order chi connectivity index (χ0) is 10.5. The summed E-state index contributed by atoms with van der Waals surface area (Å²) in [4.78, 5) is 11.3. The number of methoxy groups -OCH3 is 1. The molecule has 0 aliphatic rings. The molecule has 0 aromatic carbocycles. The molecule has 1 atom stereocenters. The molecule has 4 heteroatoms. The van der Waals surface area contributed by atoms with E-state index in [1.807, 2.05) is 0 Å². The molecule has 0 rings (SSSR count). The molecule has 0 fully saturated rings. The molecule has 0 spiro atoms. The summed E-state index contributed by atoms with van der Waals surface area (Å²) in [6.07, 6.45) is 0. The molecule has 4 nitrogen and oxygen atoms in total. The third kappa shape index (κ3) is 2.97. The zero-order valence-corrected chi connectivity index (χ0v) is 8.66. The van der Waals surface area contributed by atoms with Crippen LogP contribution in [0.2, 0.25) is 0 Å². The Kier molecular flexibility index (Phi) is 4.95. The first kappa shape index (κ1) is 12.4. The van der Waals surface area contributed by atoms with E-state index in [0.29, 0.717) is 0 Å². The predicted molar refractivity (Wildman–Crippen MR) is 48.3 cm³/mol. The summed E-state index contributed by atoms with van der Waals surface area (Å²) >= 11 is 0. The maximum absolute atomic E-state index is 11.3. The number of rotatable bonds is 5. The molecule has 0 aromatic rings. The fourth-order valence-corrected chi connectivity index (χ4v) is 0.937. The van der Waals surface area contributed by atoms with Gasteiger partial charge in [-0.25, -0.2) is 4.79 Å². The fraction of sp³-hybridized carbons (Fsp3) is 0.889. The van der Waals surface area contributed by atoms with Crippen LogP contribution in [0.3, 0.4) is 0 Å². The highest BCUT2D eigenvalue weighted by Crippen LogP contribution is 2.19. The summed E-state index contributed by atoms with van der Waals surface area (Å²) in [5.74, 6) is -0.849. The van der Waals surface area contributed by atoms with Gasteiger partial charge in [0, 0.05) is 7.11 Å². The number of esters is 1. The van der Waals surface area contributed by atoms with Crippen molar-refractivity contribution in [2.45, 2.75) is 26.4 Å². The molecule has 0 bridgehead atoms. The molecule has 13 heavy (non-hydrogen) atoms. The van der Waals surface area contributed by atoms with Gasteiger partial charge in [-0.1, -0.05) is 13.8 Å². The van der Waals surface area contributed by atoms with Gasteiger partial charge in [0.05, 0.1) is 13.2 Å². The number of aliphatic hydroxyl groups is 1. The molecule has 0 aliphatic heterocycles. The molecule has 0 aliphatic carbocycles. The van der Waals surface area contributed by atoms with Crippen LogP contribution in [0.1, 0.15) is 20.8 Å². The van der Waals surface area contributed by atoms with Gasteiger partial charge in [0.1, 0.15) is 0 Å². The normalized spacial score (nSPS) is 15.5. The highest BCUT2D eigenvalue weighted by Gasteiger charge is 2.40. The molecule has 78 valence electrons. The van der Waals surface area contributed by atoms with Gasteiger partial charge in [-0.05, 0) is 12.8 Å². The quantitative estimate of drug-likeness (QED) is 0.644. The van der Waals surface area contributed by atoms with Crippen LogP contribution in [0.4, 0.5) is 0 Å². The molecule has 0 amide bonds. The lowest BCUT2D eigenvalue weighted by Gasteiger charge is -2.28. The van der Waals surface area contributed by atoms with Gasteiger partial charge in [0.25, 0.3) is 0 Å². The van der Waals surface area contributed by atoms with Crippen LogP contribution in [0.15, 0.2) is 0 Å². The van der Waals surface area contributed by atoms with E-state index in [1.165, 1.54) is 7.11 Å². The van der Waals surface area contributed by atoms with E-state index in [2.05, 4.69) is 0 Å². The Morgan fingerprint density at radius 3 is 2.38 bits per heavy atom. The minimum absolute atomic E-state index is 0.0382. The highest BCUT2D eigenvalue weighted by atomic mass is 16.6. The predicted octanol–water partition coefficient (Wildman–Crippen LogP) is 0.583. The lowest BCUT2D eigenvalue weighted by Crippen LogP contribution is -2.48. The van der Waals surface area contributed by atoms with E-state index in [1.54, 1.807) is 20.8 Å². The van der Waals surface area contributed by atoms with E-state index in [-0.39, 0.29) is 19.1 Å². The third-order valence-electron chi connectivity index (χ3n) is 1.95. The second kappa shape index (κ2) is 5.19. The second-order valence-electron chi connectivity index (χ2n) is 3.23. The molecular weight excluding hydrogens is 172 g/mol. The van der Waals surface area contributed by atoms with Crippen LogP contribution in [0.5, 0.6) is 0 Å². The summed E-state index contributed by atoms with van der Waals surface area (Å²) in [5, 5.41) is 9.89. The minimum Gasteiger partial charge on any atom is -0.464 e. The molecule has 0 radical (unpaired) electrons. The lowest BCUT2D eigenvalue weighted by atomic mass is 9.91. The van der Waals surface area contributed by atoms with E-state index in [4.69, 9.17) is 9.47 Å². The summed E-state index contributed by atoms with van der Waals surface area (Å²) < 4.78 is 9.54. The third-order valence-corrected chi connectivity index (χ3v) is 1.95. The standard InChI is InChI=1S/C9H18O4/c1-5-13-8(10)9(11,6-12-4)7(2)3/h7,11H,5-6H2,1-4H3. The van der Waals surface area contributed by atoms with Crippen LogP contribution in [0.25, 0.3) is 0 Å². The molecule has 0 aromatic heterocycles. The number of carbonyl (C=O) groups is 1. The van der Waals surface area contributed by atoms with Crippen molar-refractivity contribution < 1.29 is 19.4 Å². The van der Waals surface area contributed by atoms with Gasteiger partial charge >= 0.3 is 5.97 Å². The molecule has 0 saturated heterocycles. The Labute approximate surface area is 78.8 Å². The van der Waals surface area contributed by atoms with Crippen molar-refractivity contribution in [1.82, 2.24) is 0 Å². The van der Waals surface area contributed by atoms with Gasteiger partial charge in [0.15, 0.2) is 5.60 Å². The largest absolute Gasteiger partial charge is 0.464 e. The molecule has 0 saturated carbocycles. The maximum Gasteiger partial charge on any atom is 0.340 e. The molecular formula is C9H18O4. The van der Waals surface area contributed by atoms with Crippen LogP contribution < -0.4 is 0 Å². The summed E-state index contributed by atoms with van der Waals surface area (Å²) in [7, 11) is 1.44. The monoisotopic (exact) mass is 190 g/mol. The first-order valence-electron chi connectivity index (χ1n) is 4.37. The van der Waals surface area contributed by atoms with Crippen molar-refractivity contribution in [3.05, 3.63) is 0 Å². The van der Waals surface area contributed by atoms with Gasteiger partial charge in [-0.2, -0.15) is 0 Å². The maximum atomic E-state index is 11.3. The Morgan fingerprint density at radius 1 is 1.54 bits per heavy atom. The number of carbonyl (C=O) groups excluding carboxylic acids is 1. The minimum atomic E-state index is -1.52. The summed E-state index contributed by atoms with van der Waals surface area (Å²) in [6, 6.07) is 0. The number of hydrogen-bond acceptors (Lipinski definition) is 4. The van der Waals surface area contributed by atoms with Gasteiger partial charge in [-0.15, -0.1) is 0 Å². The molecule has 1 unspecified atom stereocenters. The van der Waals surface area contributed by atoms with E-state index >= 15 is 0 Å². The number of ether oxygens (including phenoxy) is 2. The van der Waals surface area contributed by atoms with Gasteiger partial charge < -0.3 is 14.6 Å². The van der Waals surface area contributed by atoms with Crippen molar-refractivity contribution >= 4 is 5.97 Å². The van der Waals surface area contributed by atoms with Gasteiger partial charge in [0.2, 0.25) is 0 Å². The smallest absolute Gasteiger partial charge is 0.340 e. The van der Waals surface area contributed by atoms with E-state index in [0.717, 1.165) is 0 Å². The van der Waals surface area contributed by atoms with Crippen LogP contribution in [-0.4, -0.2) is 37.0 Å². The Bertz CT molecular complexity index is 167. The van der Waals surface area contributed by atoms with Crippen molar-refractivity contribution in [3.8, 4) is 0 Å². The first-order valence-corrected chi connectivity index (χ1v) is 4.37. The lowest BCUT2D eigenvalue weighted by molar-refractivity contribution is -0.176. The van der Waals surface area contributed by atoms with Crippen molar-refractivity contribution in [2.75, 3.05) is 20.3 Å². The summed E-state index contributed by atoms with van der Waals surface area (Å²) in [5.41, 5.74) is -1.52. The van der Waals surface area contributed by atoms with Crippen molar-refractivity contribution in [2.24, 2.45) is 5.92 Å². The van der Waals surface area contributed by atoms with Crippen LogP contribution >= 0.6 is 0 Å². The van der Waals surface area contributed by atoms with E-state index < -0.39 is 11.6 Å². The fourth-order valence-electron chi connectivity index (χ4n) is 0.937. The Hall–Kier alpha value is -0.610. The Balaban J connectivity index is 4.47. The van der Waals surface area contributed by atoms with Gasteiger partial charge in [-0.3, -0.25) is 0 Å². The van der Waals surface area contributed by atoms with Crippen molar-refractivity contribution in [1.29, 1.82) is 0 Å². The molecule has 0 heterocycles. The average molecular weight is 190 g/mol. The zero-order valence-electron chi connectivity index (χ0n) is 8.66. The topological polar surface area (TPSA) is 55.8 Å². The number of hydrogen-bond donors (Lipinski definition) is 1. The average Bonchev–Trinajstić information content (AvgIpc) is 2.04. The highest BCUT2D eigenvalue weighted by molar-refractivity contribution is 5.79. The molecule has 1 N–H and O–H groups in total. The second-order valence-corrected chi connectivity index (χ2v) is 3.23. The van der Waals surface area contributed by atoms with E-state index in [9.17, 15) is 9.90 Å². The van der Waals surface area contributed by atoms with Crippen LogP contribution in [0, 0.1) is 5.92 Å². The van der Waals surface area contributed by atoms with Crippen molar-refractivity contribution in [3.63, 3.8) is 0 Å². The SMILES string of the molecule is CCOC(=O)C(O)(COC)C(C)C. The Morgan fingerprint density at radius 2 is 2.08 bits per heavy atom. The first-order chi connectivity index (χ1) is 5.99. The summed E-state index contributed by atoms with van der Waals surface area (Å²) in [6.45, 7) is 5.42. The van der Waals surface area contributed by atoms with Crippen LogP contribution in [-0.2, 0) is 14.3 Å².